The molecular weight excluding hydrogens is 180 g/mol. The number of nitrogens with one attached hydrogen (secondary N) is 2. The summed E-state index contributed by atoms with van der Waals surface area (Å²) < 4.78 is 4.86. The first-order chi connectivity index (χ1) is 6.56. The van der Waals surface area contributed by atoms with Crippen LogP contribution in [0.1, 0.15) is 20.3 Å². The Morgan fingerprint density at radius 2 is 2.21 bits per heavy atom. The third-order valence-corrected chi connectivity index (χ3v) is 2.62. The summed E-state index contributed by atoms with van der Waals surface area (Å²) in [5.41, 5.74) is 0.308. The largest absolute Gasteiger partial charge is 0.383 e. The Hall–Kier alpha value is -0.610. The van der Waals surface area contributed by atoms with Crippen LogP contribution in [0.25, 0.3) is 0 Å². The van der Waals surface area contributed by atoms with Crippen LogP contribution in [0.15, 0.2) is 0 Å². The van der Waals surface area contributed by atoms with Crippen LogP contribution >= 0.6 is 0 Å². The summed E-state index contributed by atoms with van der Waals surface area (Å²) >= 11 is 0. The van der Waals surface area contributed by atoms with Gasteiger partial charge >= 0.3 is 0 Å². The predicted octanol–water partition coefficient (Wildman–Crippen LogP) is 0.137. The lowest BCUT2D eigenvalue weighted by Gasteiger charge is -2.07. The normalized spacial score (nSPS) is 23.2. The molecule has 1 aliphatic rings. The Balaban J connectivity index is 2.00. The van der Waals surface area contributed by atoms with E-state index in [2.05, 4.69) is 24.5 Å². The van der Waals surface area contributed by atoms with Crippen LogP contribution in [0.3, 0.4) is 0 Å². The summed E-state index contributed by atoms with van der Waals surface area (Å²) in [4.78, 5) is 11.3. The van der Waals surface area contributed by atoms with E-state index in [0.29, 0.717) is 24.6 Å². The first-order valence-electron chi connectivity index (χ1n) is 5.05. The van der Waals surface area contributed by atoms with Crippen LogP contribution < -0.4 is 10.6 Å². The molecule has 4 heteroatoms. The van der Waals surface area contributed by atoms with Crippen molar-refractivity contribution in [1.29, 1.82) is 0 Å². The van der Waals surface area contributed by atoms with E-state index in [9.17, 15) is 4.79 Å². The molecule has 1 atom stereocenters. The Morgan fingerprint density at radius 3 is 2.71 bits per heavy atom. The van der Waals surface area contributed by atoms with Crippen molar-refractivity contribution in [3.05, 3.63) is 0 Å². The quantitative estimate of drug-likeness (QED) is 0.600. The lowest BCUT2D eigenvalue weighted by molar-refractivity contribution is -0.120. The molecule has 0 spiro atoms. The Bertz CT molecular complexity index is 204. The zero-order valence-corrected chi connectivity index (χ0v) is 9.22. The minimum Gasteiger partial charge on any atom is -0.383 e. The smallest absolute Gasteiger partial charge is 0.234 e. The summed E-state index contributed by atoms with van der Waals surface area (Å²) in [6.45, 7) is 6.07. The maximum absolute atomic E-state index is 11.3. The number of amides is 1. The number of rotatable bonds is 6. The maximum atomic E-state index is 11.3. The van der Waals surface area contributed by atoms with Gasteiger partial charge in [-0.2, -0.15) is 0 Å². The fourth-order valence-electron chi connectivity index (χ4n) is 1.34. The fourth-order valence-corrected chi connectivity index (χ4v) is 1.34. The molecule has 0 bridgehead atoms. The second kappa shape index (κ2) is 4.75. The number of ether oxygens (including phenoxy) is 1. The monoisotopic (exact) mass is 200 g/mol. The minimum atomic E-state index is 0.0803. The number of carbonyl (C=O) groups excluding carboxylic acids is 1. The van der Waals surface area contributed by atoms with Gasteiger partial charge in [-0.05, 0) is 11.8 Å². The van der Waals surface area contributed by atoms with Crippen molar-refractivity contribution in [2.75, 3.05) is 26.8 Å². The standard InChI is InChI=1S/C10H20N2O2/c1-10(2)6-8(10)12-9(13)7-11-4-5-14-3/h8,11H,4-7H2,1-3H3,(H,12,13). The first kappa shape index (κ1) is 11.5. The third kappa shape index (κ3) is 3.64. The van der Waals surface area contributed by atoms with Crippen LogP contribution in [-0.4, -0.2) is 38.8 Å². The lowest BCUT2D eigenvalue weighted by Crippen LogP contribution is -2.37. The Morgan fingerprint density at radius 1 is 1.57 bits per heavy atom. The Kier molecular flexibility index (Phi) is 3.89. The molecule has 4 nitrogen and oxygen atoms in total. The molecule has 0 aromatic rings. The van der Waals surface area contributed by atoms with Crippen molar-refractivity contribution in [3.8, 4) is 0 Å². The average Bonchev–Trinajstić information content (AvgIpc) is 2.68. The highest BCUT2D eigenvalue weighted by Crippen LogP contribution is 2.44. The second-order valence-corrected chi connectivity index (χ2v) is 4.48. The van der Waals surface area contributed by atoms with E-state index in [1.54, 1.807) is 7.11 Å². The van der Waals surface area contributed by atoms with Crippen molar-refractivity contribution in [2.45, 2.75) is 26.3 Å². The molecule has 0 saturated heterocycles. The van der Waals surface area contributed by atoms with Crippen molar-refractivity contribution < 1.29 is 9.53 Å². The number of hydrogen-bond acceptors (Lipinski definition) is 3. The third-order valence-electron chi connectivity index (χ3n) is 2.62. The lowest BCUT2D eigenvalue weighted by atomic mass is 10.2. The number of methoxy groups -OCH3 is 1. The predicted molar refractivity (Wildman–Crippen MR) is 55.1 cm³/mol. The summed E-state index contributed by atoms with van der Waals surface area (Å²) in [6, 6.07) is 0.374. The molecule has 14 heavy (non-hydrogen) atoms. The summed E-state index contributed by atoms with van der Waals surface area (Å²) in [5.74, 6) is 0.0803. The van der Waals surface area contributed by atoms with Crippen molar-refractivity contribution in [2.24, 2.45) is 5.41 Å². The molecule has 2 N–H and O–H groups in total. The van der Waals surface area contributed by atoms with Gasteiger partial charge < -0.3 is 15.4 Å². The highest BCUT2D eigenvalue weighted by molar-refractivity contribution is 5.78. The van der Waals surface area contributed by atoms with Gasteiger partial charge in [0.05, 0.1) is 13.2 Å². The fraction of sp³-hybridized carbons (Fsp3) is 0.900. The topological polar surface area (TPSA) is 50.4 Å². The minimum absolute atomic E-state index is 0.0803. The molecular formula is C10H20N2O2. The van der Waals surface area contributed by atoms with Crippen molar-refractivity contribution in [1.82, 2.24) is 10.6 Å². The van der Waals surface area contributed by atoms with Crippen LogP contribution in [0, 0.1) is 5.41 Å². The van der Waals surface area contributed by atoms with Crippen LogP contribution in [0.5, 0.6) is 0 Å². The van der Waals surface area contributed by atoms with Gasteiger partial charge in [-0.15, -0.1) is 0 Å². The summed E-state index contributed by atoms with van der Waals surface area (Å²) in [5, 5.41) is 5.99. The Labute approximate surface area is 85.4 Å². The average molecular weight is 200 g/mol. The SMILES string of the molecule is COCCNCC(=O)NC1CC1(C)C. The molecule has 0 aromatic heterocycles. The second-order valence-electron chi connectivity index (χ2n) is 4.48. The zero-order valence-electron chi connectivity index (χ0n) is 9.22. The van der Waals surface area contributed by atoms with Gasteiger partial charge in [0.15, 0.2) is 0 Å². The molecule has 1 saturated carbocycles. The van der Waals surface area contributed by atoms with Crippen molar-refractivity contribution in [3.63, 3.8) is 0 Å². The summed E-state index contributed by atoms with van der Waals surface area (Å²) in [6.07, 6.45) is 1.09. The molecule has 1 fully saturated rings. The summed E-state index contributed by atoms with van der Waals surface area (Å²) in [7, 11) is 1.65. The van der Waals surface area contributed by atoms with Gasteiger partial charge in [-0.1, -0.05) is 13.8 Å². The van der Waals surface area contributed by atoms with E-state index in [1.807, 2.05) is 0 Å². The van der Waals surface area contributed by atoms with E-state index in [1.165, 1.54) is 0 Å². The van der Waals surface area contributed by atoms with Gasteiger partial charge in [-0.3, -0.25) is 4.79 Å². The highest BCUT2D eigenvalue weighted by atomic mass is 16.5. The van der Waals surface area contributed by atoms with Gasteiger partial charge in [0.2, 0.25) is 5.91 Å². The van der Waals surface area contributed by atoms with Crippen LogP contribution in [0.4, 0.5) is 0 Å². The van der Waals surface area contributed by atoms with E-state index >= 15 is 0 Å². The van der Waals surface area contributed by atoms with E-state index in [-0.39, 0.29) is 5.91 Å². The number of carbonyl (C=O) groups is 1. The van der Waals surface area contributed by atoms with Gasteiger partial charge in [0, 0.05) is 19.7 Å². The van der Waals surface area contributed by atoms with E-state index < -0.39 is 0 Å². The van der Waals surface area contributed by atoms with E-state index in [4.69, 9.17) is 4.74 Å². The van der Waals surface area contributed by atoms with Gasteiger partial charge in [-0.25, -0.2) is 0 Å². The molecule has 82 valence electrons. The maximum Gasteiger partial charge on any atom is 0.234 e. The molecule has 1 rings (SSSR count). The molecule has 0 heterocycles. The van der Waals surface area contributed by atoms with E-state index in [0.717, 1.165) is 13.0 Å². The molecule has 0 aliphatic heterocycles. The van der Waals surface area contributed by atoms with Crippen molar-refractivity contribution >= 4 is 5.91 Å². The van der Waals surface area contributed by atoms with Gasteiger partial charge in [0.1, 0.15) is 0 Å². The highest BCUT2D eigenvalue weighted by Gasteiger charge is 2.46. The van der Waals surface area contributed by atoms with Gasteiger partial charge in [0.25, 0.3) is 0 Å². The molecule has 0 radical (unpaired) electrons. The molecule has 0 aromatic carbocycles. The molecule has 1 amide bonds. The van der Waals surface area contributed by atoms with Crippen LogP contribution in [-0.2, 0) is 9.53 Å². The molecule has 1 aliphatic carbocycles. The molecule has 1 unspecified atom stereocenters. The van der Waals surface area contributed by atoms with Crippen LogP contribution in [0.2, 0.25) is 0 Å². The number of hydrogen-bond donors (Lipinski definition) is 2. The first-order valence-corrected chi connectivity index (χ1v) is 5.05. The zero-order chi connectivity index (χ0) is 10.6.